The van der Waals surface area contributed by atoms with Gasteiger partial charge in [0.1, 0.15) is 5.69 Å². The summed E-state index contributed by atoms with van der Waals surface area (Å²) in [6, 6.07) is 10.5. The Morgan fingerprint density at radius 3 is 2.30 bits per heavy atom. The van der Waals surface area contributed by atoms with Gasteiger partial charge >= 0.3 is 6.18 Å². The fraction of sp³-hybridized carbons (Fsp3) is 0.167. The van der Waals surface area contributed by atoms with E-state index in [-0.39, 0.29) is 40.5 Å². The van der Waals surface area contributed by atoms with E-state index in [4.69, 9.17) is 5.11 Å². The van der Waals surface area contributed by atoms with Gasteiger partial charge in [-0.1, -0.05) is 24.0 Å². The number of aliphatic hydroxyl groups excluding tert-OH is 1. The normalized spacial score (nSPS) is 12.1. The second kappa shape index (κ2) is 10.3. The highest BCUT2D eigenvalue weighted by Crippen LogP contribution is 2.32. The monoisotopic (exact) mass is 536 g/mol. The highest BCUT2D eigenvalue weighted by Gasteiger charge is 2.30. The van der Waals surface area contributed by atoms with E-state index in [1.807, 2.05) is 0 Å². The molecule has 0 atom stereocenters. The first-order valence-corrected chi connectivity index (χ1v) is 12.0. The lowest BCUT2D eigenvalue weighted by Gasteiger charge is -2.10. The molecule has 0 aliphatic heterocycles. The standard InChI is InChI=1S/C24H17F5N4O3S/c25-22(26)21-13-20(16-5-7-18(8-6-16)24(27,28)29)32-23-17(14-30-33(21)23)4-1-15-2-9-19(10-3-15)37(35,36)31-11-12-34/h2-3,5-10,13-14,22,31,34H,11-12H2. The molecule has 2 N–H and O–H groups in total. The summed E-state index contributed by atoms with van der Waals surface area (Å²) < 4.78 is 93.5. The van der Waals surface area contributed by atoms with Crippen molar-refractivity contribution in [2.75, 3.05) is 13.2 Å². The molecular formula is C24H17F5N4O3S. The first-order chi connectivity index (χ1) is 17.5. The smallest absolute Gasteiger partial charge is 0.395 e. The van der Waals surface area contributed by atoms with Gasteiger partial charge < -0.3 is 5.11 Å². The van der Waals surface area contributed by atoms with Gasteiger partial charge in [-0.3, -0.25) is 0 Å². The van der Waals surface area contributed by atoms with Gasteiger partial charge in [-0.05, 0) is 42.5 Å². The van der Waals surface area contributed by atoms with Crippen molar-refractivity contribution >= 4 is 15.7 Å². The lowest BCUT2D eigenvalue weighted by atomic mass is 10.1. The van der Waals surface area contributed by atoms with Crippen LogP contribution in [0.1, 0.15) is 28.8 Å². The minimum Gasteiger partial charge on any atom is -0.395 e. The maximum absolute atomic E-state index is 13.7. The Labute approximate surface area is 207 Å². The number of nitrogens with one attached hydrogen (secondary N) is 1. The average Bonchev–Trinajstić information content (AvgIpc) is 3.28. The highest BCUT2D eigenvalue weighted by atomic mass is 32.2. The number of hydrogen-bond donors (Lipinski definition) is 2. The third-order valence-electron chi connectivity index (χ3n) is 5.14. The minimum absolute atomic E-state index is 0.0185. The van der Waals surface area contributed by atoms with Crippen LogP contribution in [0.2, 0.25) is 0 Å². The first kappa shape index (κ1) is 26.2. The molecule has 4 rings (SSSR count). The zero-order valence-corrected chi connectivity index (χ0v) is 19.5. The van der Waals surface area contributed by atoms with Crippen molar-refractivity contribution in [1.29, 1.82) is 0 Å². The zero-order valence-electron chi connectivity index (χ0n) is 18.7. The van der Waals surface area contributed by atoms with Crippen molar-refractivity contribution in [3.63, 3.8) is 0 Å². The Morgan fingerprint density at radius 1 is 1.03 bits per heavy atom. The van der Waals surface area contributed by atoms with Crippen molar-refractivity contribution in [2.24, 2.45) is 0 Å². The summed E-state index contributed by atoms with van der Waals surface area (Å²) in [4.78, 5) is 4.27. The van der Waals surface area contributed by atoms with E-state index >= 15 is 0 Å². The number of benzene rings is 2. The lowest BCUT2D eigenvalue weighted by molar-refractivity contribution is -0.137. The molecule has 0 spiro atoms. The minimum atomic E-state index is -4.55. The molecule has 2 heterocycles. The molecule has 0 bridgehead atoms. The van der Waals surface area contributed by atoms with Crippen molar-refractivity contribution in [3.8, 4) is 23.1 Å². The summed E-state index contributed by atoms with van der Waals surface area (Å²) in [7, 11) is -3.80. The van der Waals surface area contributed by atoms with Crippen molar-refractivity contribution in [1.82, 2.24) is 19.3 Å². The quantitative estimate of drug-likeness (QED) is 0.287. The Hall–Kier alpha value is -3.86. The summed E-state index contributed by atoms with van der Waals surface area (Å²) in [5.41, 5.74) is -0.615. The van der Waals surface area contributed by atoms with Gasteiger partial charge in [0.15, 0.2) is 5.65 Å². The number of fused-ring (bicyclic) bond motifs is 1. The molecule has 4 aromatic rings. The van der Waals surface area contributed by atoms with E-state index in [2.05, 4.69) is 26.6 Å². The van der Waals surface area contributed by atoms with Gasteiger partial charge in [-0.2, -0.15) is 18.3 Å². The molecule has 2 aromatic heterocycles. The van der Waals surface area contributed by atoms with Gasteiger partial charge in [0.05, 0.1) is 34.5 Å². The van der Waals surface area contributed by atoms with Crippen LogP contribution in [-0.2, 0) is 16.2 Å². The summed E-state index contributed by atoms with van der Waals surface area (Å²) in [5.74, 6) is 5.54. The van der Waals surface area contributed by atoms with E-state index in [1.165, 1.54) is 30.5 Å². The fourth-order valence-corrected chi connectivity index (χ4v) is 4.35. The number of aliphatic hydroxyl groups is 1. The molecule has 0 saturated carbocycles. The molecule has 0 radical (unpaired) electrons. The van der Waals surface area contributed by atoms with Crippen molar-refractivity contribution in [2.45, 2.75) is 17.5 Å². The highest BCUT2D eigenvalue weighted by molar-refractivity contribution is 7.89. The predicted octanol–water partition coefficient (Wildman–Crippen LogP) is 4.02. The summed E-state index contributed by atoms with van der Waals surface area (Å²) in [6.07, 6.45) is -6.26. The number of hydrogen-bond acceptors (Lipinski definition) is 5. The number of halogens is 5. The molecule has 192 valence electrons. The number of nitrogens with zero attached hydrogens (tertiary/aromatic N) is 3. The predicted molar refractivity (Wildman–Crippen MR) is 123 cm³/mol. The van der Waals surface area contributed by atoms with E-state index in [1.54, 1.807) is 0 Å². The Bertz CT molecular complexity index is 1590. The van der Waals surface area contributed by atoms with Gasteiger partial charge in [0, 0.05) is 17.7 Å². The molecule has 0 aliphatic rings. The van der Waals surface area contributed by atoms with Crippen LogP contribution in [0.3, 0.4) is 0 Å². The van der Waals surface area contributed by atoms with Gasteiger partial charge in [0.2, 0.25) is 10.0 Å². The van der Waals surface area contributed by atoms with Crippen LogP contribution in [0.15, 0.2) is 65.7 Å². The average molecular weight is 536 g/mol. The maximum atomic E-state index is 13.7. The van der Waals surface area contributed by atoms with Gasteiger partial charge in [-0.25, -0.2) is 31.4 Å². The molecule has 0 fully saturated rings. The third kappa shape index (κ3) is 5.77. The topological polar surface area (TPSA) is 96.6 Å². The largest absolute Gasteiger partial charge is 0.416 e. The van der Waals surface area contributed by atoms with E-state index < -0.39 is 33.9 Å². The number of alkyl halides is 5. The Balaban J connectivity index is 1.70. The van der Waals surface area contributed by atoms with Crippen molar-refractivity contribution < 1.29 is 35.5 Å². The van der Waals surface area contributed by atoms with Gasteiger partial charge in [-0.15, -0.1) is 0 Å². The number of sulfonamides is 1. The summed E-state index contributed by atoms with van der Waals surface area (Å²) in [5, 5.41) is 12.7. The van der Waals surface area contributed by atoms with Crippen LogP contribution in [0, 0.1) is 11.8 Å². The molecule has 0 aliphatic carbocycles. The second-order valence-corrected chi connectivity index (χ2v) is 9.40. The molecule has 37 heavy (non-hydrogen) atoms. The van der Waals surface area contributed by atoms with E-state index in [0.717, 1.165) is 34.8 Å². The van der Waals surface area contributed by atoms with Crippen LogP contribution >= 0.6 is 0 Å². The first-order valence-electron chi connectivity index (χ1n) is 10.6. The van der Waals surface area contributed by atoms with Crippen molar-refractivity contribution in [3.05, 3.63) is 83.2 Å². The molecule has 7 nitrogen and oxygen atoms in total. The molecule has 2 aromatic carbocycles. The van der Waals surface area contributed by atoms with E-state index in [9.17, 15) is 30.4 Å². The second-order valence-electron chi connectivity index (χ2n) is 7.63. The molecule has 0 amide bonds. The zero-order chi connectivity index (χ0) is 26.8. The maximum Gasteiger partial charge on any atom is 0.416 e. The van der Waals surface area contributed by atoms with Crippen LogP contribution < -0.4 is 4.72 Å². The van der Waals surface area contributed by atoms with Crippen LogP contribution in [0.4, 0.5) is 22.0 Å². The summed E-state index contributed by atoms with van der Waals surface area (Å²) in [6.45, 7) is -0.495. The third-order valence-corrected chi connectivity index (χ3v) is 6.62. The van der Waals surface area contributed by atoms with Crippen LogP contribution in [0.25, 0.3) is 16.9 Å². The Morgan fingerprint density at radius 2 is 1.70 bits per heavy atom. The van der Waals surface area contributed by atoms with E-state index in [0.29, 0.717) is 5.56 Å². The number of rotatable bonds is 6. The number of aromatic nitrogens is 3. The van der Waals surface area contributed by atoms with Crippen LogP contribution in [0.5, 0.6) is 0 Å². The molecule has 0 unspecified atom stereocenters. The molecule has 0 saturated heterocycles. The Kier molecular flexibility index (Phi) is 7.26. The SMILES string of the molecule is O=S(=O)(NCCO)c1ccc(C#Cc2cnn3c(C(F)F)cc(-c4ccc(C(F)(F)F)cc4)nc23)cc1. The molecule has 13 heteroatoms. The molecular weight excluding hydrogens is 519 g/mol. The summed E-state index contributed by atoms with van der Waals surface area (Å²) >= 11 is 0. The fourth-order valence-electron chi connectivity index (χ4n) is 3.33. The van der Waals surface area contributed by atoms with Gasteiger partial charge in [0.25, 0.3) is 6.43 Å². The lowest BCUT2D eigenvalue weighted by Crippen LogP contribution is -2.26. The van der Waals surface area contributed by atoms with Crippen LogP contribution in [-0.4, -0.2) is 41.3 Å².